The molecule has 0 amide bonds. The first-order valence-corrected chi connectivity index (χ1v) is 9.12. The topological polar surface area (TPSA) is 77.7 Å². The molecule has 0 saturated carbocycles. The molecule has 0 atom stereocenters. The van der Waals surface area contributed by atoms with E-state index in [0.29, 0.717) is 5.56 Å². The van der Waals surface area contributed by atoms with Gasteiger partial charge in [-0.3, -0.25) is 14.7 Å². The van der Waals surface area contributed by atoms with Crippen molar-refractivity contribution in [3.05, 3.63) is 70.8 Å². The molecule has 1 aliphatic heterocycles. The molecule has 0 aliphatic carbocycles. The van der Waals surface area contributed by atoms with Crippen molar-refractivity contribution >= 4 is 10.9 Å². The molecule has 134 valence electrons. The van der Waals surface area contributed by atoms with E-state index in [1.165, 1.54) is 17.4 Å². The fourth-order valence-electron chi connectivity index (χ4n) is 3.62. The highest BCUT2D eigenvalue weighted by Gasteiger charge is 2.21. The second kappa shape index (κ2) is 6.48. The van der Waals surface area contributed by atoms with Gasteiger partial charge in [-0.1, -0.05) is 18.2 Å². The number of rotatable bonds is 4. The summed E-state index contributed by atoms with van der Waals surface area (Å²) in [6, 6.07) is 13.8. The summed E-state index contributed by atoms with van der Waals surface area (Å²) in [7, 11) is 0. The van der Waals surface area contributed by atoms with Crippen molar-refractivity contribution in [2.75, 3.05) is 13.1 Å². The van der Waals surface area contributed by atoms with Crippen molar-refractivity contribution in [1.82, 2.24) is 25.1 Å². The van der Waals surface area contributed by atoms with Crippen molar-refractivity contribution in [3.63, 3.8) is 0 Å². The zero-order valence-corrected chi connectivity index (χ0v) is 14.8. The molecule has 0 radical (unpaired) electrons. The quantitative estimate of drug-likeness (QED) is 0.588. The Bertz CT molecular complexity index is 1160. The minimum atomic E-state index is -0.191. The van der Waals surface area contributed by atoms with E-state index in [0.717, 1.165) is 42.1 Å². The average molecular weight is 357 g/mol. The van der Waals surface area contributed by atoms with Crippen LogP contribution in [0.1, 0.15) is 12.0 Å². The lowest BCUT2D eigenvalue weighted by molar-refractivity contribution is 0.173. The van der Waals surface area contributed by atoms with E-state index >= 15 is 0 Å². The lowest BCUT2D eigenvalue weighted by Gasteiger charge is -2.30. The van der Waals surface area contributed by atoms with Gasteiger partial charge in [-0.05, 0) is 49.3 Å². The van der Waals surface area contributed by atoms with Crippen LogP contribution < -0.4 is 5.56 Å². The van der Waals surface area contributed by atoms with Gasteiger partial charge in [-0.2, -0.15) is 5.10 Å². The largest absolute Gasteiger partial charge is 0.354 e. The summed E-state index contributed by atoms with van der Waals surface area (Å²) in [5, 5.41) is 8.04. The second-order valence-corrected chi connectivity index (χ2v) is 6.89. The summed E-state index contributed by atoms with van der Waals surface area (Å²) < 4.78 is 0. The first-order chi connectivity index (χ1) is 13.3. The first-order valence-electron chi connectivity index (χ1n) is 9.12. The molecule has 4 heterocycles. The van der Waals surface area contributed by atoms with Crippen LogP contribution in [0.5, 0.6) is 0 Å². The standard InChI is InChI=1S/C21H19N5O/c27-21-16(12-19(24-25-21)14-6-8-22-9-7-14)20-17(13-26-10-3-11-26)15-4-1-2-5-18(15)23-20/h1-2,4-9,12,23H,3,10-11,13H2,(H,25,27). The highest BCUT2D eigenvalue weighted by Crippen LogP contribution is 2.31. The first kappa shape index (κ1) is 16.0. The molecule has 3 aromatic heterocycles. The van der Waals surface area contributed by atoms with E-state index in [-0.39, 0.29) is 5.56 Å². The van der Waals surface area contributed by atoms with Crippen LogP contribution in [-0.2, 0) is 6.54 Å². The van der Waals surface area contributed by atoms with Crippen molar-refractivity contribution in [2.24, 2.45) is 0 Å². The normalized spacial score (nSPS) is 14.4. The van der Waals surface area contributed by atoms with Crippen LogP contribution in [-0.4, -0.2) is 38.2 Å². The Kier molecular flexibility index (Phi) is 3.83. The third-order valence-electron chi connectivity index (χ3n) is 5.19. The van der Waals surface area contributed by atoms with Gasteiger partial charge in [0.05, 0.1) is 17.0 Å². The van der Waals surface area contributed by atoms with Gasteiger partial charge in [0, 0.05) is 35.4 Å². The number of benzene rings is 1. The Morgan fingerprint density at radius 2 is 1.89 bits per heavy atom. The number of para-hydroxylation sites is 1. The van der Waals surface area contributed by atoms with Crippen LogP contribution >= 0.6 is 0 Å². The SMILES string of the molecule is O=c1[nH]nc(-c2ccncc2)cc1-c1[nH]c2ccccc2c1CN1CCC1. The zero-order valence-electron chi connectivity index (χ0n) is 14.8. The second-order valence-electron chi connectivity index (χ2n) is 6.89. The van der Waals surface area contributed by atoms with Gasteiger partial charge in [-0.15, -0.1) is 0 Å². The number of aromatic amines is 2. The van der Waals surface area contributed by atoms with Crippen LogP contribution in [0.25, 0.3) is 33.4 Å². The number of H-pyrrole nitrogens is 2. The van der Waals surface area contributed by atoms with Gasteiger partial charge in [0.2, 0.25) is 0 Å². The van der Waals surface area contributed by atoms with E-state index in [2.05, 4.69) is 37.2 Å². The predicted molar refractivity (Wildman–Crippen MR) is 105 cm³/mol. The number of aromatic nitrogens is 4. The van der Waals surface area contributed by atoms with Gasteiger partial charge in [0.1, 0.15) is 0 Å². The van der Waals surface area contributed by atoms with Crippen LogP contribution in [0.3, 0.4) is 0 Å². The number of likely N-dealkylation sites (tertiary alicyclic amines) is 1. The highest BCUT2D eigenvalue weighted by atomic mass is 16.1. The zero-order chi connectivity index (χ0) is 18.2. The Labute approximate surface area is 155 Å². The molecule has 27 heavy (non-hydrogen) atoms. The number of nitrogens with zero attached hydrogens (tertiary/aromatic N) is 3. The predicted octanol–water partition coefficient (Wildman–Crippen LogP) is 3.19. The molecular weight excluding hydrogens is 338 g/mol. The van der Waals surface area contributed by atoms with Crippen LogP contribution in [0.2, 0.25) is 0 Å². The Morgan fingerprint density at radius 1 is 1.07 bits per heavy atom. The van der Waals surface area contributed by atoms with Crippen LogP contribution in [0, 0.1) is 0 Å². The number of hydrogen-bond acceptors (Lipinski definition) is 4. The molecule has 0 spiro atoms. The molecular formula is C21H19N5O. The Hall–Kier alpha value is -3.25. The molecule has 5 rings (SSSR count). The summed E-state index contributed by atoms with van der Waals surface area (Å²) in [6.45, 7) is 3.05. The highest BCUT2D eigenvalue weighted by molar-refractivity contribution is 5.91. The molecule has 6 heteroatoms. The summed E-state index contributed by atoms with van der Waals surface area (Å²) in [6.07, 6.45) is 4.68. The van der Waals surface area contributed by atoms with Crippen molar-refractivity contribution in [2.45, 2.75) is 13.0 Å². The maximum absolute atomic E-state index is 12.6. The maximum atomic E-state index is 12.6. The minimum Gasteiger partial charge on any atom is -0.354 e. The number of hydrogen-bond donors (Lipinski definition) is 2. The summed E-state index contributed by atoms with van der Waals surface area (Å²) in [4.78, 5) is 22.6. The van der Waals surface area contributed by atoms with Crippen molar-refractivity contribution in [3.8, 4) is 22.5 Å². The lowest BCUT2D eigenvalue weighted by atomic mass is 10.0. The van der Waals surface area contributed by atoms with E-state index < -0.39 is 0 Å². The van der Waals surface area contributed by atoms with Gasteiger partial charge in [-0.25, -0.2) is 5.10 Å². The number of fused-ring (bicyclic) bond motifs is 1. The molecule has 4 aromatic rings. The molecule has 0 unspecified atom stereocenters. The fraction of sp³-hybridized carbons (Fsp3) is 0.190. The fourth-order valence-corrected chi connectivity index (χ4v) is 3.62. The monoisotopic (exact) mass is 357 g/mol. The Morgan fingerprint density at radius 3 is 2.67 bits per heavy atom. The maximum Gasteiger partial charge on any atom is 0.273 e. The van der Waals surface area contributed by atoms with Crippen molar-refractivity contribution < 1.29 is 0 Å². The summed E-state index contributed by atoms with van der Waals surface area (Å²) in [5.41, 5.74) is 5.16. The van der Waals surface area contributed by atoms with Gasteiger partial charge in [0.25, 0.3) is 5.56 Å². The number of nitrogens with one attached hydrogen (secondary N) is 2. The van der Waals surface area contributed by atoms with Crippen molar-refractivity contribution in [1.29, 1.82) is 0 Å². The molecule has 6 nitrogen and oxygen atoms in total. The lowest BCUT2D eigenvalue weighted by Crippen LogP contribution is -2.36. The molecule has 2 N–H and O–H groups in total. The molecule has 1 aliphatic rings. The van der Waals surface area contributed by atoms with Crippen LogP contribution in [0.4, 0.5) is 0 Å². The van der Waals surface area contributed by atoms with Crippen LogP contribution in [0.15, 0.2) is 59.7 Å². The van der Waals surface area contributed by atoms with E-state index in [9.17, 15) is 4.79 Å². The smallest absolute Gasteiger partial charge is 0.273 e. The van der Waals surface area contributed by atoms with E-state index in [4.69, 9.17) is 0 Å². The van der Waals surface area contributed by atoms with Gasteiger partial charge >= 0.3 is 0 Å². The minimum absolute atomic E-state index is 0.191. The summed E-state index contributed by atoms with van der Waals surface area (Å²) >= 11 is 0. The molecule has 1 fully saturated rings. The molecule has 1 saturated heterocycles. The average Bonchev–Trinajstić information content (AvgIpc) is 3.04. The van der Waals surface area contributed by atoms with Gasteiger partial charge in [0.15, 0.2) is 0 Å². The number of pyridine rings is 1. The van der Waals surface area contributed by atoms with E-state index in [1.54, 1.807) is 12.4 Å². The van der Waals surface area contributed by atoms with Gasteiger partial charge < -0.3 is 4.98 Å². The van der Waals surface area contributed by atoms with E-state index in [1.807, 2.05) is 30.3 Å². The third-order valence-corrected chi connectivity index (χ3v) is 5.19. The molecule has 0 bridgehead atoms. The Balaban J connectivity index is 1.69. The third kappa shape index (κ3) is 2.84. The molecule has 1 aromatic carbocycles. The summed E-state index contributed by atoms with van der Waals surface area (Å²) in [5.74, 6) is 0.